The molecule has 0 atom stereocenters. The van der Waals surface area contributed by atoms with Crippen molar-refractivity contribution in [2.45, 2.75) is 19.6 Å². The van der Waals surface area contributed by atoms with Gasteiger partial charge in [0.05, 0.1) is 6.54 Å². The van der Waals surface area contributed by atoms with Gasteiger partial charge in [-0.3, -0.25) is 0 Å². The van der Waals surface area contributed by atoms with Gasteiger partial charge in [0.2, 0.25) is 0 Å². The van der Waals surface area contributed by atoms with E-state index in [1.807, 2.05) is 77.8 Å². The second-order valence-corrected chi connectivity index (χ2v) is 8.51. The van der Waals surface area contributed by atoms with Crippen LogP contribution in [0.25, 0.3) is 0 Å². The molecule has 0 saturated carbocycles. The van der Waals surface area contributed by atoms with Crippen molar-refractivity contribution in [2.24, 2.45) is 0 Å². The number of thiocarbonyl (C=S) groups is 1. The molecule has 0 aliphatic heterocycles. The van der Waals surface area contributed by atoms with E-state index in [1.54, 1.807) is 0 Å². The molecule has 4 rings (SSSR count). The number of nitrogens with zero attached hydrogens (tertiary/aromatic N) is 2. The van der Waals surface area contributed by atoms with E-state index in [0.29, 0.717) is 29.8 Å². The zero-order valence-corrected chi connectivity index (χ0v) is 19.3. The van der Waals surface area contributed by atoms with Crippen LogP contribution in [-0.4, -0.2) is 14.6 Å². The third-order valence-corrected chi connectivity index (χ3v) is 5.77. The standard InChI is InChI=1S/C26H22ClF2N3S/c27-21-10-8-20(9-11-21)16-31-12-4-7-25(31)18-32(17-19-5-2-1-3-6-19)26(33)30-24-14-22(28)13-23(29)15-24/h1-15H,16-18H2,(H,30,33). The monoisotopic (exact) mass is 481 g/mol. The van der Waals surface area contributed by atoms with Crippen molar-refractivity contribution in [2.75, 3.05) is 5.32 Å². The minimum absolute atomic E-state index is 0.270. The first-order valence-corrected chi connectivity index (χ1v) is 11.2. The number of aromatic nitrogens is 1. The molecule has 0 amide bonds. The minimum atomic E-state index is -0.660. The summed E-state index contributed by atoms with van der Waals surface area (Å²) in [6.07, 6.45) is 2.02. The average Bonchev–Trinajstić information content (AvgIpc) is 3.21. The van der Waals surface area contributed by atoms with Gasteiger partial charge in [0.15, 0.2) is 5.11 Å². The van der Waals surface area contributed by atoms with Crippen LogP contribution in [0, 0.1) is 11.6 Å². The Hall–Kier alpha value is -3.22. The van der Waals surface area contributed by atoms with Gasteiger partial charge in [0, 0.05) is 41.8 Å². The van der Waals surface area contributed by atoms with Gasteiger partial charge in [-0.25, -0.2) is 8.78 Å². The van der Waals surface area contributed by atoms with E-state index in [1.165, 1.54) is 12.1 Å². The predicted molar refractivity (Wildman–Crippen MR) is 133 cm³/mol. The highest BCUT2D eigenvalue weighted by Crippen LogP contribution is 2.18. The summed E-state index contributed by atoms with van der Waals surface area (Å²) in [5.74, 6) is -1.32. The van der Waals surface area contributed by atoms with E-state index in [4.69, 9.17) is 23.8 Å². The molecular formula is C26H22ClF2N3S. The fourth-order valence-corrected chi connectivity index (χ4v) is 3.93. The van der Waals surface area contributed by atoms with Crippen molar-refractivity contribution in [3.63, 3.8) is 0 Å². The van der Waals surface area contributed by atoms with Crippen LogP contribution in [-0.2, 0) is 19.6 Å². The Morgan fingerprint density at radius 1 is 0.848 bits per heavy atom. The molecule has 0 unspecified atom stereocenters. The molecule has 0 spiro atoms. The van der Waals surface area contributed by atoms with Gasteiger partial charge in [-0.2, -0.15) is 0 Å². The van der Waals surface area contributed by atoms with Crippen molar-refractivity contribution in [3.05, 3.63) is 125 Å². The van der Waals surface area contributed by atoms with Crippen LogP contribution in [0.3, 0.4) is 0 Å². The minimum Gasteiger partial charge on any atom is -0.345 e. The molecule has 3 aromatic carbocycles. The number of rotatable bonds is 7. The highest BCUT2D eigenvalue weighted by Gasteiger charge is 2.15. The lowest BCUT2D eigenvalue weighted by atomic mass is 10.2. The second-order valence-electron chi connectivity index (χ2n) is 7.68. The third kappa shape index (κ3) is 6.40. The summed E-state index contributed by atoms with van der Waals surface area (Å²) < 4.78 is 29.5. The molecule has 0 saturated heterocycles. The van der Waals surface area contributed by atoms with Crippen LogP contribution in [0.5, 0.6) is 0 Å². The van der Waals surface area contributed by atoms with Gasteiger partial charge in [0.25, 0.3) is 0 Å². The number of benzene rings is 3. The van der Waals surface area contributed by atoms with Crippen molar-refractivity contribution in [1.29, 1.82) is 0 Å². The molecule has 1 aromatic heterocycles. The summed E-state index contributed by atoms with van der Waals surface area (Å²) in [4.78, 5) is 1.97. The maximum Gasteiger partial charge on any atom is 0.174 e. The second kappa shape index (κ2) is 10.6. The van der Waals surface area contributed by atoms with E-state index in [2.05, 4.69) is 9.88 Å². The predicted octanol–water partition coefficient (Wildman–Crippen LogP) is 6.87. The molecule has 1 heterocycles. The molecule has 0 fully saturated rings. The number of hydrogen-bond donors (Lipinski definition) is 1. The smallest absolute Gasteiger partial charge is 0.174 e. The first kappa shape index (κ1) is 23.0. The quantitative estimate of drug-likeness (QED) is 0.291. The van der Waals surface area contributed by atoms with Gasteiger partial charge >= 0.3 is 0 Å². The first-order valence-electron chi connectivity index (χ1n) is 10.4. The van der Waals surface area contributed by atoms with Crippen molar-refractivity contribution in [1.82, 2.24) is 9.47 Å². The average molecular weight is 482 g/mol. The Morgan fingerprint density at radius 2 is 1.55 bits per heavy atom. The van der Waals surface area contributed by atoms with E-state index in [9.17, 15) is 8.78 Å². The third-order valence-electron chi connectivity index (χ3n) is 5.16. The Kier molecular flexibility index (Phi) is 7.37. The van der Waals surface area contributed by atoms with Crippen LogP contribution in [0.15, 0.2) is 91.1 Å². The maximum absolute atomic E-state index is 13.7. The summed E-state index contributed by atoms with van der Waals surface area (Å²) in [5, 5.41) is 4.06. The number of hydrogen-bond acceptors (Lipinski definition) is 1. The number of nitrogens with one attached hydrogen (secondary N) is 1. The van der Waals surface area contributed by atoms with Gasteiger partial charge in [-0.1, -0.05) is 54.1 Å². The summed E-state index contributed by atoms with van der Waals surface area (Å²) in [6, 6.07) is 25.0. The Bertz CT molecular complexity index is 1210. The highest BCUT2D eigenvalue weighted by molar-refractivity contribution is 7.80. The van der Waals surface area contributed by atoms with Gasteiger partial charge in [-0.15, -0.1) is 0 Å². The summed E-state index contributed by atoms with van der Waals surface area (Å²) in [6.45, 7) is 1.74. The summed E-state index contributed by atoms with van der Waals surface area (Å²) >= 11 is 11.7. The van der Waals surface area contributed by atoms with Crippen molar-refractivity contribution >= 4 is 34.6 Å². The van der Waals surface area contributed by atoms with E-state index >= 15 is 0 Å². The van der Waals surface area contributed by atoms with Crippen molar-refractivity contribution < 1.29 is 8.78 Å². The number of halogens is 3. The Labute approximate surface area is 202 Å². The fraction of sp³-hybridized carbons (Fsp3) is 0.115. The van der Waals surface area contributed by atoms with E-state index < -0.39 is 11.6 Å². The molecule has 4 aromatic rings. The maximum atomic E-state index is 13.7. The molecule has 0 aliphatic rings. The zero-order valence-electron chi connectivity index (χ0n) is 17.7. The van der Waals surface area contributed by atoms with Crippen LogP contribution < -0.4 is 5.32 Å². The largest absolute Gasteiger partial charge is 0.345 e. The van der Waals surface area contributed by atoms with E-state index in [0.717, 1.165) is 22.9 Å². The molecule has 0 bridgehead atoms. The zero-order chi connectivity index (χ0) is 23.2. The van der Waals surface area contributed by atoms with Gasteiger partial charge in [0.1, 0.15) is 11.6 Å². The lowest BCUT2D eigenvalue weighted by Crippen LogP contribution is -2.34. The molecule has 168 valence electrons. The summed E-state index contributed by atoms with van der Waals surface area (Å²) in [7, 11) is 0. The van der Waals surface area contributed by atoms with Gasteiger partial charge < -0.3 is 14.8 Å². The molecule has 3 nitrogen and oxygen atoms in total. The van der Waals surface area contributed by atoms with Crippen LogP contribution in [0.4, 0.5) is 14.5 Å². The molecule has 33 heavy (non-hydrogen) atoms. The van der Waals surface area contributed by atoms with Crippen LogP contribution >= 0.6 is 23.8 Å². The molecule has 1 N–H and O–H groups in total. The SMILES string of the molecule is Fc1cc(F)cc(NC(=S)N(Cc2ccccc2)Cc2cccn2Cc2ccc(Cl)cc2)c1. The normalized spacial score (nSPS) is 10.8. The van der Waals surface area contributed by atoms with Crippen LogP contribution in [0.2, 0.25) is 5.02 Å². The lowest BCUT2D eigenvalue weighted by molar-refractivity contribution is 0.399. The van der Waals surface area contributed by atoms with E-state index in [-0.39, 0.29) is 5.69 Å². The molecule has 0 aliphatic carbocycles. The Balaban J connectivity index is 1.56. The lowest BCUT2D eigenvalue weighted by Gasteiger charge is -2.27. The number of anilines is 1. The molecule has 7 heteroatoms. The Morgan fingerprint density at radius 3 is 2.24 bits per heavy atom. The highest BCUT2D eigenvalue weighted by atomic mass is 35.5. The summed E-state index contributed by atoms with van der Waals surface area (Å²) in [5.41, 5.74) is 3.52. The molecule has 0 radical (unpaired) electrons. The van der Waals surface area contributed by atoms with Crippen LogP contribution in [0.1, 0.15) is 16.8 Å². The fourth-order valence-electron chi connectivity index (χ4n) is 3.56. The van der Waals surface area contributed by atoms with Gasteiger partial charge in [-0.05, 0) is 59.7 Å². The molecular weight excluding hydrogens is 460 g/mol. The van der Waals surface area contributed by atoms with Crippen molar-refractivity contribution in [3.8, 4) is 0 Å². The topological polar surface area (TPSA) is 20.2 Å². The first-order chi connectivity index (χ1) is 16.0.